The maximum absolute atomic E-state index is 15.5. The molecule has 0 spiro atoms. The zero-order valence-corrected chi connectivity index (χ0v) is 19.2. The first kappa shape index (κ1) is 24.0. The number of H-pyrrole nitrogens is 1. The van der Waals surface area contributed by atoms with Crippen molar-refractivity contribution < 1.29 is 27.1 Å². The van der Waals surface area contributed by atoms with Gasteiger partial charge in [0.2, 0.25) is 5.95 Å². The van der Waals surface area contributed by atoms with E-state index in [-0.39, 0.29) is 41.3 Å². The van der Waals surface area contributed by atoms with E-state index in [1.54, 1.807) is 4.90 Å². The minimum Gasteiger partial charge on any atom is -0.491 e. The van der Waals surface area contributed by atoms with Crippen molar-refractivity contribution in [1.82, 2.24) is 25.2 Å². The topological polar surface area (TPSA) is 103 Å². The molecule has 2 aromatic heterocycles. The van der Waals surface area contributed by atoms with Crippen LogP contribution in [0.4, 0.5) is 23.2 Å². The molecule has 2 N–H and O–H groups in total. The third-order valence-corrected chi connectivity index (χ3v) is 6.47. The molecule has 13 heteroatoms. The molecule has 4 heterocycles. The third kappa shape index (κ3) is 4.12. The Hall–Kier alpha value is -3.74. The second kappa shape index (κ2) is 9.37. The summed E-state index contributed by atoms with van der Waals surface area (Å²) in [5.41, 5.74) is -1.40. The Kier molecular flexibility index (Phi) is 6.24. The summed E-state index contributed by atoms with van der Waals surface area (Å²) >= 11 is 0. The molecule has 2 aliphatic heterocycles. The van der Waals surface area contributed by atoms with Crippen molar-refractivity contribution in [2.45, 2.75) is 19.4 Å². The van der Waals surface area contributed by atoms with E-state index in [1.165, 1.54) is 19.2 Å². The van der Waals surface area contributed by atoms with Crippen LogP contribution in [0, 0.1) is 11.8 Å². The monoisotopic (exact) mass is 506 g/mol. The van der Waals surface area contributed by atoms with Gasteiger partial charge in [0.15, 0.2) is 17.3 Å². The molecule has 0 bridgehead atoms. The highest BCUT2D eigenvalue weighted by molar-refractivity contribution is 5.92. The second-order valence-corrected chi connectivity index (χ2v) is 8.52. The number of anilines is 1. The van der Waals surface area contributed by atoms with Crippen LogP contribution in [0.5, 0.6) is 5.75 Å². The van der Waals surface area contributed by atoms with Crippen LogP contribution in [0.15, 0.2) is 16.9 Å². The molecule has 36 heavy (non-hydrogen) atoms. The Labute approximate surface area is 202 Å². The van der Waals surface area contributed by atoms with Gasteiger partial charge < -0.3 is 19.9 Å². The predicted molar refractivity (Wildman–Crippen MR) is 122 cm³/mol. The molecule has 5 rings (SSSR count). The zero-order chi connectivity index (χ0) is 25.6. The fourth-order valence-electron chi connectivity index (χ4n) is 4.63. The highest BCUT2D eigenvalue weighted by Crippen LogP contribution is 2.38. The molecule has 3 aromatic rings. The molecule has 9 nitrogen and oxygen atoms in total. The molecular weight excluding hydrogens is 484 g/mol. The van der Waals surface area contributed by atoms with Crippen molar-refractivity contribution in [2.75, 3.05) is 44.7 Å². The Balaban J connectivity index is 1.38. The number of fused-ring (bicyclic) bond motifs is 3. The van der Waals surface area contributed by atoms with E-state index in [2.05, 4.69) is 20.3 Å². The van der Waals surface area contributed by atoms with E-state index < -0.39 is 35.4 Å². The number of ether oxygens (including phenoxy) is 1. The van der Waals surface area contributed by atoms with E-state index in [4.69, 9.17) is 4.74 Å². The second-order valence-electron chi connectivity index (χ2n) is 8.52. The first-order valence-electron chi connectivity index (χ1n) is 11.3. The van der Waals surface area contributed by atoms with E-state index >= 15 is 4.39 Å². The largest absolute Gasteiger partial charge is 0.491 e. The van der Waals surface area contributed by atoms with Crippen LogP contribution in [-0.2, 0) is 13.0 Å². The van der Waals surface area contributed by atoms with Crippen molar-refractivity contribution in [3.05, 3.63) is 56.8 Å². The van der Waals surface area contributed by atoms with Crippen LogP contribution in [-0.4, -0.2) is 65.6 Å². The molecule has 0 saturated carbocycles. The molecule has 0 radical (unpaired) electrons. The number of nitrogens with one attached hydrogen (secondary N) is 2. The van der Waals surface area contributed by atoms with Crippen LogP contribution >= 0.6 is 0 Å². The molecule has 1 saturated heterocycles. The van der Waals surface area contributed by atoms with Gasteiger partial charge in [-0.05, 0) is 12.1 Å². The number of aromatic nitrogens is 3. The summed E-state index contributed by atoms with van der Waals surface area (Å²) in [6.07, 6.45) is -2.72. The molecule has 2 aliphatic rings. The molecular formula is C23H22F4N6O3. The Morgan fingerprint density at radius 3 is 2.61 bits per heavy atom. The molecule has 0 aliphatic carbocycles. The lowest BCUT2D eigenvalue weighted by molar-refractivity contribution is 0.0957. The number of hydrogen-bond acceptors (Lipinski definition) is 7. The molecule has 1 fully saturated rings. The lowest BCUT2D eigenvalue weighted by Crippen LogP contribution is -2.46. The molecule has 1 aromatic carbocycles. The quantitative estimate of drug-likeness (QED) is 0.404. The summed E-state index contributed by atoms with van der Waals surface area (Å²) in [6.45, 7) is 2.25. The van der Waals surface area contributed by atoms with Gasteiger partial charge >= 0.3 is 0 Å². The summed E-state index contributed by atoms with van der Waals surface area (Å²) in [5.74, 6) is -1.74. The smallest absolute Gasteiger partial charge is 0.285 e. The van der Waals surface area contributed by atoms with Crippen molar-refractivity contribution >= 4 is 22.6 Å². The van der Waals surface area contributed by atoms with Crippen LogP contribution in [0.2, 0.25) is 0 Å². The van der Waals surface area contributed by atoms with Crippen LogP contribution in [0.3, 0.4) is 0 Å². The van der Waals surface area contributed by atoms with E-state index in [1.807, 2.05) is 4.90 Å². The van der Waals surface area contributed by atoms with Gasteiger partial charge in [0.05, 0.1) is 12.3 Å². The minimum absolute atomic E-state index is 0.0200. The van der Waals surface area contributed by atoms with E-state index in [9.17, 15) is 22.8 Å². The number of pyridine rings is 1. The fraction of sp³-hybridized carbons (Fsp3) is 0.391. The molecule has 0 atom stereocenters. The van der Waals surface area contributed by atoms with Crippen molar-refractivity contribution in [1.29, 1.82) is 0 Å². The number of hydrogen-bond donors (Lipinski definition) is 2. The number of nitrogens with zero attached hydrogens (tertiary/aromatic N) is 4. The number of benzene rings is 1. The van der Waals surface area contributed by atoms with Gasteiger partial charge in [-0.15, -0.1) is 0 Å². The van der Waals surface area contributed by atoms with Crippen LogP contribution in [0.1, 0.15) is 33.7 Å². The number of carbonyl (C=O) groups excluding carboxylic acids is 1. The van der Waals surface area contributed by atoms with Crippen LogP contribution in [0.25, 0.3) is 11.0 Å². The van der Waals surface area contributed by atoms with Gasteiger partial charge in [-0.2, -0.15) is 4.39 Å². The number of aromatic amines is 1. The zero-order valence-electron chi connectivity index (χ0n) is 19.2. The van der Waals surface area contributed by atoms with Crippen LogP contribution < -0.4 is 20.5 Å². The summed E-state index contributed by atoms with van der Waals surface area (Å²) in [7, 11) is 1.43. The Morgan fingerprint density at radius 2 is 1.94 bits per heavy atom. The van der Waals surface area contributed by atoms with E-state index in [0.29, 0.717) is 43.7 Å². The summed E-state index contributed by atoms with van der Waals surface area (Å²) in [4.78, 5) is 37.1. The average molecular weight is 506 g/mol. The number of piperazine rings is 1. The molecule has 1 amide bonds. The Bertz CT molecular complexity index is 1410. The summed E-state index contributed by atoms with van der Waals surface area (Å²) < 4.78 is 62.0. The van der Waals surface area contributed by atoms with Gasteiger partial charge in [0.1, 0.15) is 16.7 Å². The standard InChI is InChI=1S/C23H22F4N6O3/c1-28-22(34)13-2-3-14(21(27)29-13)33-7-5-32(6-8-33)10-12-11-4-9-36-19(11)17-16(15(12)24)31-23(35)18(30-17)20(25)26/h2-3,20H,4-10H2,1H3,(H,28,34)(H,31,35). The van der Waals surface area contributed by atoms with Gasteiger partial charge in [-0.25, -0.2) is 23.1 Å². The number of alkyl halides is 2. The SMILES string of the molecule is CNC(=O)c1ccc(N2CCN(Cc3c4c(c5nc(C(F)F)c(=O)[nH]c5c3F)OCC4)CC2)c(F)n1. The highest BCUT2D eigenvalue weighted by atomic mass is 19.3. The van der Waals surface area contributed by atoms with Gasteiger partial charge in [0, 0.05) is 57.3 Å². The number of halogens is 4. The number of carbonyl (C=O) groups is 1. The normalized spacial score (nSPS) is 15.9. The number of rotatable bonds is 5. The third-order valence-electron chi connectivity index (χ3n) is 6.47. The minimum atomic E-state index is -3.10. The van der Waals surface area contributed by atoms with Crippen molar-refractivity contribution in [3.8, 4) is 5.75 Å². The first-order chi connectivity index (χ1) is 17.3. The van der Waals surface area contributed by atoms with Gasteiger partial charge in [0.25, 0.3) is 17.9 Å². The predicted octanol–water partition coefficient (Wildman–Crippen LogP) is 2.15. The highest BCUT2D eigenvalue weighted by Gasteiger charge is 2.30. The van der Waals surface area contributed by atoms with Gasteiger partial charge in [-0.1, -0.05) is 0 Å². The number of amides is 1. The molecule has 0 unspecified atom stereocenters. The lowest BCUT2D eigenvalue weighted by atomic mass is 10.0. The lowest BCUT2D eigenvalue weighted by Gasteiger charge is -2.36. The van der Waals surface area contributed by atoms with Crippen molar-refractivity contribution in [2.24, 2.45) is 0 Å². The first-order valence-corrected chi connectivity index (χ1v) is 11.3. The Morgan fingerprint density at radius 1 is 1.19 bits per heavy atom. The summed E-state index contributed by atoms with van der Waals surface area (Å²) in [5, 5.41) is 2.40. The average Bonchev–Trinajstić information content (AvgIpc) is 3.36. The summed E-state index contributed by atoms with van der Waals surface area (Å²) in [6, 6.07) is 2.96. The maximum atomic E-state index is 15.5. The fourth-order valence-corrected chi connectivity index (χ4v) is 4.63. The maximum Gasteiger partial charge on any atom is 0.285 e. The van der Waals surface area contributed by atoms with E-state index in [0.717, 1.165) is 0 Å². The van der Waals surface area contributed by atoms with Gasteiger partial charge in [-0.3, -0.25) is 14.5 Å². The molecule has 190 valence electrons. The van der Waals surface area contributed by atoms with Crippen molar-refractivity contribution in [3.63, 3.8) is 0 Å².